The number of carbonyl (C=O) groups is 1. The first-order valence-corrected chi connectivity index (χ1v) is 5.66. The highest BCUT2D eigenvalue weighted by molar-refractivity contribution is 5.96. The third-order valence-corrected chi connectivity index (χ3v) is 2.94. The van der Waals surface area contributed by atoms with E-state index in [1.165, 1.54) is 0 Å². The van der Waals surface area contributed by atoms with Gasteiger partial charge in [-0.2, -0.15) is 0 Å². The molecule has 2 unspecified atom stereocenters. The summed E-state index contributed by atoms with van der Waals surface area (Å²) in [5.41, 5.74) is 1.04. The van der Waals surface area contributed by atoms with Crippen LogP contribution in [0.5, 0.6) is 0 Å². The van der Waals surface area contributed by atoms with Gasteiger partial charge >= 0.3 is 0 Å². The summed E-state index contributed by atoms with van der Waals surface area (Å²) in [5, 5.41) is 9.49. The summed E-state index contributed by atoms with van der Waals surface area (Å²) in [7, 11) is 0. The van der Waals surface area contributed by atoms with Gasteiger partial charge in [-0.05, 0) is 20.3 Å². The van der Waals surface area contributed by atoms with Gasteiger partial charge in [-0.25, -0.2) is 4.39 Å². The summed E-state index contributed by atoms with van der Waals surface area (Å²) in [6, 6.07) is 0.00872. The summed E-state index contributed by atoms with van der Waals surface area (Å²) in [6.45, 7) is 4.20. The maximum atomic E-state index is 12.9. The molecular formula is C11H16FN3O2. The molecule has 1 fully saturated rings. The van der Waals surface area contributed by atoms with Crippen LogP contribution in [0.3, 0.4) is 0 Å². The van der Waals surface area contributed by atoms with Crippen LogP contribution in [0.15, 0.2) is 4.52 Å². The number of nitrogens with one attached hydrogen (secondary N) is 2. The Morgan fingerprint density at radius 1 is 1.65 bits per heavy atom. The van der Waals surface area contributed by atoms with Crippen LogP contribution in [0.1, 0.15) is 28.2 Å². The standard InChI is InChI=1S/C11H16FN3O2/c1-6-10(7(2)17-15-6)11(16)14-5-9-3-8(12)4-13-9/h8-9,13H,3-5H2,1-2H3,(H,14,16). The fraction of sp³-hybridized carbons (Fsp3) is 0.636. The number of alkyl halides is 1. The lowest BCUT2D eigenvalue weighted by atomic mass is 10.1. The Balaban J connectivity index is 1.90. The minimum Gasteiger partial charge on any atom is -0.361 e. The second-order valence-electron chi connectivity index (χ2n) is 4.35. The van der Waals surface area contributed by atoms with E-state index in [1.54, 1.807) is 13.8 Å². The van der Waals surface area contributed by atoms with Crippen molar-refractivity contribution in [3.63, 3.8) is 0 Å². The van der Waals surface area contributed by atoms with Crippen LogP contribution in [0.25, 0.3) is 0 Å². The average molecular weight is 241 g/mol. The largest absolute Gasteiger partial charge is 0.361 e. The Hall–Kier alpha value is -1.43. The molecule has 17 heavy (non-hydrogen) atoms. The lowest BCUT2D eigenvalue weighted by Gasteiger charge is -2.10. The van der Waals surface area contributed by atoms with E-state index in [-0.39, 0.29) is 11.9 Å². The molecule has 1 saturated heterocycles. The molecule has 2 heterocycles. The number of carbonyl (C=O) groups excluding carboxylic acids is 1. The van der Waals surface area contributed by atoms with Gasteiger partial charge in [-0.3, -0.25) is 4.79 Å². The molecule has 0 saturated carbocycles. The molecule has 1 aliphatic heterocycles. The van der Waals surface area contributed by atoms with Crippen LogP contribution in [-0.2, 0) is 0 Å². The fourth-order valence-electron chi connectivity index (χ4n) is 2.04. The summed E-state index contributed by atoms with van der Waals surface area (Å²) in [6.07, 6.45) is -0.363. The number of hydrogen-bond acceptors (Lipinski definition) is 4. The van der Waals surface area contributed by atoms with Gasteiger partial charge in [-0.15, -0.1) is 0 Å². The predicted molar refractivity (Wildman–Crippen MR) is 59.6 cm³/mol. The Bertz CT molecular complexity index is 399. The highest BCUT2D eigenvalue weighted by atomic mass is 19.1. The third kappa shape index (κ3) is 2.63. The van der Waals surface area contributed by atoms with E-state index in [0.29, 0.717) is 36.5 Å². The van der Waals surface area contributed by atoms with Crippen LogP contribution < -0.4 is 10.6 Å². The minimum atomic E-state index is -0.809. The molecule has 0 aromatic carbocycles. The molecule has 0 radical (unpaired) electrons. The average Bonchev–Trinajstić information content (AvgIpc) is 2.83. The van der Waals surface area contributed by atoms with E-state index in [4.69, 9.17) is 4.52 Å². The minimum absolute atomic E-state index is 0.00872. The zero-order valence-electron chi connectivity index (χ0n) is 9.92. The molecular weight excluding hydrogens is 225 g/mol. The Kier molecular flexibility index (Phi) is 3.42. The summed E-state index contributed by atoms with van der Waals surface area (Å²) < 4.78 is 17.8. The quantitative estimate of drug-likeness (QED) is 0.818. The van der Waals surface area contributed by atoms with Gasteiger partial charge in [0.1, 0.15) is 17.5 Å². The Morgan fingerprint density at radius 3 is 2.94 bits per heavy atom. The number of hydrogen-bond donors (Lipinski definition) is 2. The lowest BCUT2D eigenvalue weighted by molar-refractivity contribution is 0.0948. The topological polar surface area (TPSA) is 67.2 Å². The molecule has 2 rings (SSSR count). The molecule has 1 aromatic heterocycles. The first kappa shape index (κ1) is 12.0. The Labute approximate surface area is 98.7 Å². The van der Waals surface area contributed by atoms with E-state index in [9.17, 15) is 9.18 Å². The number of halogens is 1. The van der Waals surface area contributed by atoms with Crippen molar-refractivity contribution in [1.82, 2.24) is 15.8 Å². The maximum Gasteiger partial charge on any atom is 0.256 e. The summed E-state index contributed by atoms with van der Waals surface area (Å²) >= 11 is 0. The molecule has 5 nitrogen and oxygen atoms in total. The molecule has 0 aliphatic carbocycles. The third-order valence-electron chi connectivity index (χ3n) is 2.94. The normalized spacial score (nSPS) is 23.9. The molecule has 2 atom stereocenters. The molecule has 0 bridgehead atoms. The zero-order valence-corrected chi connectivity index (χ0v) is 9.92. The number of aromatic nitrogens is 1. The second kappa shape index (κ2) is 4.83. The van der Waals surface area contributed by atoms with E-state index in [0.717, 1.165) is 0 Å². The molecule has 0 spiro atoms. The number of amides is 1. The van der Waals surface area contributed by atoms with Crippen LogP contribution in [0, 0.1) is 13.8 Å². The van der Waals surface area contributed by atoms with Crippen molar-refractivity contribution < 1.29 is 13.7 Å². The molecule has 2 N–H and O–H groups in total. The Morgan fingerprint density at radius 2 is 2.41 bits per heavy atom. The van der Waals surface area contributed by atoms with Crippen LogP contribution >= 0.6 is 0 Å². The molecule has 94 valence electrons. The van der Waals surface area contributed by atoms with Crippen LogP contribution in [0.2, 0.25) is 0 Å². The highest BCUT2D eigenvalue weighted by Gasteiger charge is 2.24. The van der Waals surface area contributed by atoms with Crippen molar-refractivity contribution in [1.29, 1.82) is 0 Å². The number of rotatable bonds is 3. The van der Waals surface area contributed by atoms with E-state index < -0.39 is 6.17 Å². The van der Waals surface area contributed by atoms with Gasteiger partial charge in [0.15, 0.2) is 0 Å². The van der Waals surface area contributed by atoms with Crippen LogP contribution in [0.4, 0.5) is 4.39 Å². The first-order chi connectivity index (χ1) is 8.08. The van der Waals surface area contributed by atoms with Gasteiger partial charge < -0.3 is 15.2 Å². The highest BCUT2D eigenvalue weighted by Crippen LogP contribution is 2.12. The summed E-state index contributed by atoms with van der Waals surface area (Å²) in [4.78, 5) is 11.9. The van der Waals surface area contributed by atoms with Crippen molar-refractivity contribution in [2.75, 3.05) is 13.1 Å². The fourth-order valence-corrected chi connectivity index (χ4v) is 2.04. The van der Waals surface area contributed by atoms with E-state index >= 15 is 0 Å². The second-order valence-corrected chi connectivity index (χ2v) is 4.35. The first-order valence-electron chi connectivity index (χ1n) is 5.66. The lowest BCUT2D eigenvalue weighted by Crippen LogP contribution is -2.37. The number of nitrogens with zero attached hydrogens (tertiary/aromatic N) is 1. The number of aryl methyl sites for hydroxylation is 2. The van der Waals surface area contributed by atoms with Crippen LogP contribution in [-0.4, -0.2) is 36.4 Å². The monoisotopic (exact) mass is 241 g/mol. The predicted octanol–water partition coefficient (Wildman–Crippen LogP) is 0.721. The van der Waals surface area contributed by atoms with Crippen molar-refractivity contribution in [2.24, 2.45) is 0 Å². The molecule has 1 aromatic rings. The van der Waals surface area contributed by atoms with Gasteiger partial charge in [-0.1, -0.05) is 5.16 Å². The van der Waals surface area contributed by atoms with Crippen molar-refractivity contribution in [3.05, 3.63) is 17.0 Å². The van der Waals surface area contributed by atoms with E-state index in [1.807, 2.05) is 0 Å². The van der Waals surface area contributed by atoms with Crippen molar-refractivity contribution in [3.8, 4) is 0 Å². The SMILES string of the molecule is Cc1noc(C)c1C(=O)NCC1CC(F)CN1. The van der Waals surface area contributed by atoms with Gasteiger partial charge in [0.2, 0.25) is 0 Å². The van der Waals surface area contributed by atoms with Crippen molar-refractivity contribution >= 4 is 5.91 Å². The van der Waals surface area contributed by atoms with Gasteiger partial charge in [0.05, 0.1) is 5.69 Å². The van der Waals surface area contributed by atoms with Gasteiger partial charge in [0, 0.05) is 19.1 Å². The smallest absolute Gasteiger partial charge is 0.256 e. The zero-order chi connectivity index (χ0) is 12.4. The summed E-state index contributed by atoms with van der Waals surface area (Å²) in [5.74, 6) is 0.285. The molecule has 1 amide bonds. The molecule has 6 heteroatoms. The maximum absolute atomic E-state index is 12.9. The van der Waals surface area contributed by atoms with E-state index in [2.05, 4.69) is 15.8 Å². The van der Waals surface area contributed by atoms with Gasteiger partial charge in [0.25, 0.3) is 5.91 Å². The molecule has 1 aliphatic rings. The van der Waals surface area contributed by atoms with Crippen molar-refractivity contribution in [2.45, 2.75) is 32.5 Å².